The fourth-order valence-corrected chi connectivity index (χ4v) is 3.01. The first kappa shape index (κ1) is 16.7. The van der Waals surface area contributed by atoms with Crippen LogP contribution in [0.1, 0.15) is 12.0 Å². The van der Waals surface area contributed by atoms with Gasteiger partial charge < -0.3 is 15.5 Å². The zero-order valence-electron chi connectivity index (χ0n) is 13.2. The second-order valence-corrected chi connectivity index (χ2v) is 6.60. The van der Waals surface area contributed by atoms with Crippen molar-refractivity contribution in [1.29, 1.82) is 0 Å². The zero-order chi connectivity index (χ0) is 17.1. The molecule has 24 heavy (non-hydrogen) atoms. The molecule has 1 aliphatic heterocycles. The number of anilines is 2. The number of halogens is 2. The van der Waals surface area contributed by atoms with Gasteiger partial charge in [-0.25, -0.2) is 14.2 Å². The molecule has 1 aliphatic rings. The minimum Gasteiger partial charge on any atom is -0.354 e. The van der Waals surface area contributed by atoms with Crippen LogP contribution in [-0.2, 0) is 0 Å². The molecule has 0 saturated carbocycles. The van der Waals surface area contributed by atoms with Crippen LogP contribution in [0, 0.1) is 12.7 Å². The molecule has 0 spiro atoms. The topological polar surface area (TPSA) is 57.3 Å². The van der Waals surface area contributed by atoms with Crippen molar-refractivity contribution in [2.24, 2.45) is 0 Å². The van der Waals surface area contributed by atoms with E-state index in [4.69, 9.17) is 0 Å². The molecule has 2 amide bonds. The summed E-state index contributed by atoms with van der Waals surface area (Å²) in [5, 5.41) is 5.61. The van der Waals surface area contributed by atoms with Crippen molar-refractivity contribution in [3.63, 3.8) is 0 Å². The van der Waals surface area contributed by atoms with E-state index in [1.165, 1.54) is 6.07 Å². The predicted octanol–water partition coefficient (Wildman–Crippen LogP) is 3.69. The summed E-state index contributed by atoms with van der Waals surface area (Å²) < 4.78 is 14.1. The van der Waals surface area contributed by atoms with Gasteiger partial charge in [0.15, 0.2) is 0 Å². The fraction of sp³-hybridized carbons (Fsp3) is 0.294. The van der Waals surface area contributed by atoms with Crippen LogP contribution in [-0.4, -0.2) is 30.1 Å². The molecule has 0 radical (unpaired) electrons. The quantitative estimate of drug-likeness (QED) is 0.837. The number of carbonyl (C=O) groups is 1. The van der Waals surface area contributed by atoms with E-state index in [1.54, 1.807) is 19.2 Å². The third-order valence-corrected chi connectivity index (χ3v) is 4.97. The van der Waals surface area contributed by atoms with Crippen LogP contribution in [0.4, 0.5) is 20.7 Å². The Bertz CT molecular complexity index is 718. The van der Waals surface area contributed by atoms with Gasteiger partial charge in [-0.3, -0.25) is 0 Å². The maximum absolute atomic E-state index is 13.7. The zero-order valence-corrected chi connectivity index (χ0v) is 14.8. The molecule has 1 aromatic heterocycles. The fourth-order valence-electron chi connectivity index (χ4n) is 2.78. The molecule has 2 N–H and O–H groups in total. The van der Waals surface area contributed by atoms with Crippen LogP contribution in [0.3, 0.4) is 0 Å². The molecule has 0 aliphatic carbocycles. The Morgan fingerprint density at radius 1 is 1.42 bits per heavy atom. The minimum absolute atomic E-state index is 0.0356. The number of amides is 2. The van der Waals surface area contributed by atoms with Gasteiger partial charge in [-0.05, 0) is 59.1 Å². The van der Waals surface area contributed by atoms with Crippen LogP contribution in [0.25, 0.3) is 0 Å². The highest BCUT2D eigenvalue weighted by molar-refractivity contribution is 9.10. The number of aromatic nitrogens is 1. The summed E-state index contributed by atoms with van der Waals surface area (Å²) in [6, 6.07) is 8.50. The Kier molecular flexibility index (Phi) is 4.99. The molecule has 1 atom stereocenters. The highest BCUT2D eigenvalue weighted by Crippen LogP contribution is 2.24. The van der Waals surface area contributed by atoms with Crippen LogP contribution < -0.4 is 15.5 Å². The van der Waals surface area contributed by atoms with E-state index < -0.39 is 5.82 Å². The lowest BCUT2D eigenvalue weighted by Gasteiger charge is -2.18. The molecule has 2 heterocycles. The molecule has 0 bridgehead atoms. The van der Waals surface area contributed by atoms with Crippen LogP contribution in [0.5, 0.6) is 0 Å². The van der Waals surface area contributed by atoms with Gasteiger partial charge in [0.1, 0.15) is 11.6 Å². The van der Waals surface area contributed by atoms with E-state index in [9.17, 15) is 9.18 Å². The summed E-state index contributed by atoms with van der Waals surface area (Å²) in [5.41, 5.74) is 1.16. The van der Waals surface area contributed by atoms with Crippen molar-refractivity contribution >= 4 is 33.5 Å². The lowest BCUT2D eigenvalue weighted by Crippen LogP contribution is -2.39. The monoisotopic (exact) mass is 392 g/mol. The number of hydrogen-bond donors (Lipinski definition) is 2. The normalized spacial score (nSPS) is 17.0. The third-order valence-electron chi connectivity index (χ3n) is 3.96. The van der Waals surface area contributed by atoms with E-state index >= 15 is 0 Å². The van der Waals surface area contributed by atoms with E-state index in [0.29, 0.717) is 16.7 Å². The van der Waals surface area contributed by atoms with Gasteiger partial charge in [0.25, 0.3) is 0 Å². The molecule has 3 rings (SSSR count). The first-order chi connectivity index (χ1) is 11.5. The van der Waals surface area contributed by atoms with E-state index in [1.807, 2.05) is 18.2 Å². The van der Waals surface area contributed by atoms with Crippen molar-refractivity contribution in [2.75, 3.05) is 23.3 Å². The van der Waals surface area contributed by atoms with Crippen molar-refractivity contribution in [3.05, 3.63) is 52.4 Å². The highest BCUT2D eigenvalue weighted by Gasteiger charge is 2.24. The summed E-state index contributed by atoms with van der Waals surface area (Å²) in [5.74, 6) is 0.514. The maximum atomic E-state index is 13.7. The van der Waals surface area contributed by atoms with Crippen LogP contribution in [0.2, 0.25) is 0 Å². The second kappa shape index (κ2) is 7.17. The van der Waals surface area contributed by atoms with Gasteiger partial charge >= 0.3 is 6.03 Å². The summed E-state index contributed by atoms with van der Waals surface area (Å²) in [6.45, 7) is 3.32. The number of pyridine rings is 1. The van der Waals surface area contributed by atoms with E-state index in [-0.39, 0.29) is 12.1 Å². The molecule has 1 saturated heterocycles. The number of nitrogens with zero attached hydrogens (tertiary/aromatic N) is 2. The molecule has 1 fully saturated rings. The summed E-state index contributed by atoms with van der Waals surface area (Å²) >= 11 is 3.16. The molecule has 2 aromatic rings. The number of aryl methyl sites for hydroxylation is 1. The lowest BCUT2D eigenvalue weighted by molar-refractivity contribution is 0.249. The Balaban J connectivity index is 1.56. The summed E-state index contributed by atoms with van der Waals surface area (Å²) in [6.07, 6.45) is 2.60. The number of carbonyl (C=O) groups excluding carboxylic acids is 1. The van der Waals surface area contributed by atoms with Crippen molar-refractivity contribution in [3.8, 4) is 0 Å². The Morgan fingerprint density at radius 2 is 2.25 bits per heavy atom. The van der Waals surface area contributed by atoms with Gasteiger partial charge in [0.2, 0.25) is 0 Å². The van der Waals surface area contributed by atoms with E-state index in [2.05, 4.69) is 36.4 Å². The summed E-state index contributed by atoms with van der Waals surface area (Å²) in [4.78, 5) is 18.6. The van der Waals surface area contributed by atoms with Crippen molar-refractivity contribution < 1.29 is 9.18 Å². The highest BCUT2D eigenvalue weighted by atomic mass is 79.9. The first-order valence-electron chi connectivity index (χ1n) is 7.72. The number of urea groups is 1. The predicted molar refractivity (Wildman–Crippen MR) is 95.8 cm³/mol. The number of hydrogen-bond acceptors (Lipinski definition) is 3. The number of rotatable bonds is 3. The summed E-state index contributed by atoms with van der Waals surface area (Å²) in [7, 11) is 0. The van der Waals surface area contributed by atoms with Crippen LogP contribution in [0.15, 0.2) is 41.0 Å². The smallest absolute Gasteiger partial charge is 0.319 e. The molecule has 1 unspecified atom stereocenters. The van der Waals surface area contributed by atoms with Gasteiger partial charge in [-0.15, -0.1) is 0 Å². The van der Waals surface area contributed by atoms with Gasteiger partial charge in [0.05, 0.1) is 4.47 Å². The Hall–Kier alpha value is -2.15. The minimum atomic E-state index is -0.396. The maximum Gasteiger partial charge on any atom is 0.319 e. The standard InChI is InChI=1S/C17H18BrFN4O/c1-11-8-13(9-14(19)16(11)18)22-17(24)21-12-5-7-23(10-12)15-4-2-3-6-20-15/h2-4,6,8-9,12H,5,7,10H2,1H3,(H2,21,22,24). The van der Waals surface area contributed by atoms with Crippen molar-refractivity contribution in [2.45, 2.75) is 19.4 Å². The molecule has 5 nitrogen and oxygen atoms in total. The van der Waals surface area contributed by atoms with Gasteiger partial charge in [0, 0.05) is 31.0 Å². The second-order valence-electron chi connectivity index (χ2n) is 5.81. The molecular weight excluding hydrogens is 375 g/mol. The van der Waals surface area contributed by atoms with Crippen molar-refractivity contribution in [1.82, 2.24) is 10.3 Å². The Morgan fingerprint density at radius 3 is 2.96 bits per heavy atom. The largest absolute Gasteiger partial charge is 0.354 e. The third kappa shape index (κ3) is 3.84. The molecule has 7 heteroatoms. The Labute approximate surface area is 148 Å². The molecular formula is C17H18BrFN4O. The first-order valence-corrected chi connectivity index (χ1v) is 8.51. The van der Waals surface area contributed by atoms with Crippen LogP contribution >= 0.6 is 15.9 Å². The number of nitrogens with one attached hydrogen (secondary N) is 2. The molecule has 126 valence electrons. The number of benzene rings is 1. The van der Waals surface area contributed by atoms with E-state index in [0.717, 1.165) is 24.3 Å². The van der Waals surface area contributed by atoms with Gasteiger partial charge in [-0.1, -0.05) is 6.07 Å². The molecule has 1 aromatic carbocycles. The SMILES string of the molecule is Cc1cc(NC(=O)NC2CCN(c3ccccn3)C2)cc(F)c1Br. The average Bonchev–Trinajstić information content (AvgIpc) is 3.01. The van der Waals surface area contributed by atoms with Gasteiger partial charge in [-0.2, -0.15) is 0 Å². The lowest BCUT2D eigenvalue weighted by atomic mass is 10.2. The average molecular weight is 393 g/mol.